The molecule has 2 aromatic carbocycles. The molecule has 0 saturated carbocycles. The number of nitrogens with one attached hydrogen (secondary N) is 1. The SMILES string of the molecule is CCCC(=N)CC(C)OC=O.Cc1cccc2ccccc12. The van der Waals surface area contributed by atoms with Crippen molar-refractivity contribution in [1.82, 2.24) is 0 Å². The highest BCUT2D eigenvalue weighted by atomic mass is 16.5. The lowest BCUT2D eigenvalue weighted by Gasteiger charge is -2.08. The van der Waals surface area contributed by atoms with E-state index in [1.54, 1.807) is 6.92 Å². The van der Waals surface area contributed by atoms with Gasteiger partial charge in [-0.05, 0) is 36.6 Å². The molecule has 1 unspecified atom stereocenters. The van der Waals surface area contributed by atoms with Crippen LogP contribution >= 0.6 is 0 Å². The molecule has 0 aliphatic rings. The minimum Gasteiger partial charge on any atom is -0.464 e. The Balaban J connectivity index is 0.000000220. The Hall–Kier alpha value is -2.16. The fourth-order valence-electron chi connectivity index (χ4n) is 2.28. The maximum atomic E-state index is 9.86. The lowest BCUT2D eigenvalue weighted by atomic mass is 10.1. The zero-order chi connectivity index (χ0) is 16.4. The van der Waals surface area contributed by atoms with Gasteiger partial charge in [-0.1, -0.05) is 55.8 Å². The van der Waals surface area contributed by atoms with Crippen LogP contribution in [0, 0.1) is 12.3 Å². The molecule has 0 heterocycles. The molecule has 2 rings (SSSR count). The maximum Gasteiger partial charge on any atom is 0.293 e. The van der Waals surface area contributed by atoms with E-state index in [1.807, 2.05) is 6.92 Å². The van der Waals surface area contributed by atoms with Crippen molar-refractivity contribution < 1.29 is 9.53 Å². The molecular weight excluding hydrogens is 274 g/mol. The van der Waals surface area contributed by atoms with Crippen LogP contribution in [0.25, 0.3) is 10.8 Å². The second kappa shape index (κ2) is 9.72. The van der Waals surface area contributed by atoms with Gasteiger partial charge >= 0.3 is 0 Å². The van der Waals surface area contributed by atoms with Gasteiger partial charge < -0.3 is 10.1 Å². The van der Waals surface area contributed by atoms with Gasteiger partial charge in [0.25, 0.3) is 6.47 Å². The maximum absolute atomic E-state index is 9.86. The van der Waals surface area contributed by atoms with E-state index in [1.165, 1.54) is 16.3 Å². The normalized spacial score (nSPS) is 11.2. The summed E-state index contributed by atoms with van der Waals surface area (Å²) in [6.45, 7) is 6.39. The van der Waals surface area contributed by atoms with Crippen molar-refractivity contribution in [2.75, 3.05) is 0 Å². The Morgan fingerprint density at radius 3 is 2.55 bits per heavy atom. The van der Waals surface area contributed by atoms with Gasteiger partial charge in [-0.25, -0.2) is 0 Å². The summed E-state index contributed by atoms with van der Waals surface area (Å²) in [5, 5.41) is 10.1. The minimum atomic E-state index is -0.147. The molecule has 0 bridgehead atoms. The molecule has 1 atom stereocenters. The molecular formula is C19H25NO2. The number of aryl methyl sites for hydroxylation is 1. The highest BCUT2D eigenvalue weighted by Crippen LogP contribution is 2.16. The fraction of sp³-hybridized carbons (Fsp3) is 0.368. The number of hydrogen-bond acceptors (Lipinski definition) is 3. The van der Waals surface area contributed by atoms with Crippen LogP contribution in [0.2, 0.25) is 0 Å². The predicted octanol–water partition coefficient (Wildman–Crippen LogP) is 4.91. The lowest BCUT2D eigenvalue weighted by molar-refractivity contribution is -0.132. The van der Waals surface area contributed by atoms with E-state index in [4.69, 9.17) is 5.41 Å². The number of ether oxygens (including phenoxy) is 1. The van der Waals surface area contributed by atoms with E-state index < -0.39 is 0 Å². The summed E-state index contributed by atoms with van der Waals surface area (Å²) in [5.41, 5.74) is 2.00. The zero-order valence-electron chi connectivity index (χ0n) is 13.6. The van der Waals surface area contributed by atoms with Crippen molar-refractivity contribution in [3.63, 3.8) is 0 Å². The van der Waals surface area contributed by atoms with E-state index in [0.29, 0.717) is 18.6 Å². The molecule has 0 spiro atoms. The Morgan fingerprint density at radius 2 is 1.91 bits per heavy atom. The molecule has 0 aliphatic carbocycles. The molecule has 1 N–H and O–H groups in total. The monoisotopic (exact) mass is 299 g/mol. The minimum absolute atomic E-state index is 0.147. The van der Waals surface area contributed by atoms with E-state index in [2.05, 4.69) is 54.1 Å². The van der Waals surface area contributed by atoms with Crippen LogP contribution in [0.1, 0.15) is 38.7 Å². The summed E-state index contributed by atoms with van der Waals surface area (Å²) < 4.78 is 4.64. The Morgan fingerprint density at radius 1 is 1.23 bits per heavy atom. The third kappa shape index (κ3) is 6.08. The van der Waals surface area contributed by atoms with E-state index in [0.717, 1.165) is 12.8 Å². The van der Waals surface area contributed by atoms with Gasteiger partial charge in [0.05, 0.1) is 0 Å². The zero-order valence-corrected chi connectivity index (χ0v) is 13.6. The van der Waals surface area contributed by atoms with Gasteiger partial charge in [0.2, 0.25) is 0 Å². The average Bonchev–Trinajstić information content (AvgIpc) is 2.49. The van der Waals surface area contributed by atoms with Crippen LogP contribution in [-0.2, 0) is 9.53 Å². The summed E-state index contributed by atoms with van der Waals surface area (Å²) in [6.07, 6.45) is 2.19. The van der Waals surface area contributed by atoms with Crippen LogP contribution in [0.4, 0.5) is 0 Å². The molecule has 0 aromatic heterocycles. The summed E-state index contributed by atoms with van der Waals surface area (Å²) >= 11 is 0. The van der Waals surface area contributed by atoms with Crippen LogP contribution in [0.5, 0.6) is 0 Å². The first-order chi connectivity index (χ1) is 10.6. The summed E-state index contributed by atoms with van der Waals surface area (Å²) in [4.78, 5) is 9.86. The van der Waals surface area contributed by atoms with Gasteiger partial charge in [-0.15, -0.1) is 0 Å². The van der Waals surface area contributed by atoms with Crippen molar-refractivity contribution in [2.45, 2.75) is 46.1 Å². The second-order valence-corrected chi connectivity index (χ2v) is 5.40. The first-order valence-corrected chi connectivity index (χ1v) is 7.68. The van der Waals surface area contributed by atoms with Gasteiger partial charge in [0, 0.05) is 12.1 Å². The lowest BCUT2D eigenvalue weighted by Crippen LogP contribution is -2.12. The van der Waals surface area contributed by atoms with Crippen LogP contribution in [-0.4, -0.2) is 18.3 Å². The number of benzene rings is 2. The van der Waals surface area contributed by atoms with Crippen molar-refractivity contribution >= 4 is 23.0 Å². The molecule has 0 fully saturated rings. The second-order valence-electron chi connectivity index (χ2n) is 5.40. The van der Waals surface area contributed by atoms with E-state index in [-0.39, 0.29) is 6.10 Å². The number of hydrogen-bond donors (Lipinski definition) is 1. The largest absolute Gasteiger partial charge is 0.464 e. The number of carbonyl (C=O) groups is 1. The highest BCUT2D eigenvalue weighted by molar-refractivity contribution is 5.85. The van der Waals surface area contributed by atoms with Crippen LogP contribution in [0.15, 0.2) is 42.5 Å². The van der Waals surface area contributed by atoms with Crippen molar-refractivity contribution in [2.24, 2.45) is 0 Å². The average molecular weight is 299 g/mol. The van der Waals surface area contributed by atoms with Crippen molar-refractivity contribution in [3.05, 3.63) is 48.0 Å². The standard InChI is InChI=1S/C11H10.C8H15NO2/c1-9-5-4-7-10-6-2-3-8-11(9)10;1-3-4-8(9)5-7(2)11-6-10/h2-8H,1H3;6-7,9H,3-5H2,1-2H3. The fourth-order valence-corrected chi connectivity index (χ4v) is 2.28. The molecule has 0 saturated heterocycles. The van der Waals surface area contributed by atoms with Crippen LogP contribution < -0.4 is 0 Å². The Kier molecular flexibility index (Phi) is 7.90. The third-order valence-electron chi connectivity index (χ3n) is 3.38. The van der Waals surface area contributed by atoms with Gasteiger partial charge in [0.15, 0.2) is 0 Å². The number of rotatable bonds is 6. The van der Waals surface area contributed by atoms with E-state index in [9.17, 15) is 4.79 Å². The van der Waals surface area contributed by atoms with Crippen molar-refractivity contribution in [3.8, 4) is 0 Å². The molecule has 22 heavy (non-hydrogen) atoms. The molecule has 0 aliphatic heterocycles. The molecule has 118 valence electrons. The Labute approximate surface area is 132 Å². The number of carbonyl (C=O) groups excluding carboxylic acids is 1. The van der Waals surface area contributed by atoms with Gasteiger partial charge in [-0.3, -0.25) is 4.79 Å². The summed E-state index contributed by atoms with van der Waals surface area (Å²) in [6, 6.07) is 14.8. The molecule has 0 amide bonds. The number of fused-ring (bicyclic) bond motifs is 1. The van der Waals surface area contributed by atoms with E-state index >= 15 is 0 Å². The van der Waals surface area contributed by atoms with Gasteiger partial charge in [0.1, 0.15) is 6.10 Å². The van der Waals surface area contributed by atoms with Gasteiger partial charge in [-0.2, -0.15) is 0 Å². The molecule has 2 aromatic rings. The summed E-state index contributed by atoms with van der Waals surface area (Å²) in [5.74, 6) is 0. The highest BCUT2D eigenvalue weighted by Gasteiger charge is 2.04. The quantitative estimate of drug-likeness (QED) is 0.609. The molecule has 3 heteroatoms. The third-order valence-corrected chi connectivity index (χ3v) is 3.38. The molecule has 3 nitrogen and oxygen atoms in total. The summed E-state index contributed by atoms with van der Waals surface area (Å²) in [7, 11) is 0. The smallest absolute Gasteiger partial charge is 0.293 e. The Bertz CT molecular complexity index is 602. The predicted molar refractivity (Wildman–Crippen MR) is 92.5 cm³/mol. The van der Waals surface area contributed by atoms with Crippen LogP contribution in [0.3, 0.4) is 0 Å². The molecule has 0 radical (unpaired) electrons. The topological polar surface area (TPSA) is 50.1 Å². The first kappa shape index (κ1) is 17.9. The van der Waals surface area contributed by atoms with Crippen molar-refractivity contribution in [1.29, 1.82) is 5.41 Å². The first-order valence-electron chi connectivity index (χ1n) is 7.68.